The molecule has 1 atom stereocenters. The molecule has 0 bridgehead atoms. The zero-order chi connectivity index (χ0) is 19.9. The quantitative estimate of drug-likeness (QED) is 0.712. The number of hydrogen-bond acceptors (Lipinski definition) is 4. The summed E-state index contributed by atoms with van der Waals surface area (Å²) in [5.41, 5.74) is 0.923. The zero-order valence-electron chi connectivity index (χ0n) is 16.6. The molecule has 1 aromatic carbocycles. The first-order valence-corrected chi connectivity index (χ1v) is 10.2. The average molecular weight is 389 g/mol. The van der Waals surface area contributed by atoms with E-state index in [0.717, 1.165) is 43.5 Å². The maximum Gasteiger partial charge on any atom is 0.317 e. The Bertz CT molecular complexity index is 677. The van der Waals surface area contributed by atoms with E-state index in [2.05, 4.69) is 5.32 Å². The van der Waals surface area contributed by atoms with Crippen LogP contribution in [0.3, 0.4) is 0 Å². The number of nitrogens with one attached hydrogen (secondary N) is 1. The molecule has 2 aliphatic rings. The first-order valence-electron chi connectivity index (χ1n) is 10.2. The lowest BCUT2D eigenvalue weighted by Gasteiger charge is -2.35. The van der Waals surface area contributed by atoms with Gasteiger partial charge in [-0.15, -0.1) is 0 Å². The van der Waals surface area contributed by atoms with Gasteiger partial charge in [-0.2, -0.15) is 0 Å². The third-order valence-corrected chi connectivity index (χ3v) is 5.41. The molecule has 1 saturated heterocycles. The molecule has 2 fully saturated rings. The predicted octanol–water partition coefficient (Wildman–Crippen LogP) is 1.99. The lowest BCUT2D eigenvalue weighted by molar-refractivity contribution is -0.133. The van der Waals surface area contributed by atoms with Gasteiger partial charge in [-0.1, -0.05) is 18.2 Å². The van der Waals surface area contributed by atoms with Crippen LogP contribution < -0.4 is 10.1 Å². The molecular weight excluding hydrogens is 358 g/mol. The Kier molecular flexibility index (Phi) is 7.14. The van der Waals surface area contributed by atoms with Crippen LogP contribution in [-0.4, -0.2) is 66.2 Å². The lowest BCUT2D eigenvalue weighted by atomic mass is 10.1. The van der Waals surface area contributed by atoms with E-state index in [1.165, 1.54) is 0 Å². The highest BCUT2D eigenvalue weighted by Crippen LogP contribution is 2.32. The van der Waals surface area contributed by atoms with E-state index in [9.17, 15) is 14.7 Å². The molecule has 0 aromatic heterocycles. The second kappa shape index (κ2) is 9.78. The molecule has 154 valence electrons. The number of urea groups is 1. The van der Waals surface area contributed by atoms with Gasteiger partial charge in [-0.25, -0.2) is 4.79 Å². The number of aliphatic hydroxyl groups excluding tert-OH is 1. The van der Waals surface area contributed by atoms with Crippen LogP contribution in [-0.2, 0) is 11.3 Å². The van der Waals surface area contributed by atoms with Gasteiger partial charge >= 0.3 is 6.03 Å². The summed E-state index contributed by atoms with van der Waals surface area (Å²) in [7, 11) is 1.62. The van der Waals surface area contributed by atoms with Crippen LogP contribution in [0.5, 0.6) is 5.75 Å². The molecule has 1 heterocycles. The molecule has 0 radical (unpaired) electrons. The molecular formula is C21H31N3O4. The first kappa shape index (κ1) is 20.5. The van der Waals surface area contributed by atoms with Crippen molar-refractivity contribution < 1.29 is 19.4 Å². The highest BCUT2D eigenvalue weighted by molar-refractivity contribution is 5.81. The third-order valence-electron chi connectivity index (χ3n) is 5.41. The van der Waals surface area contributed by atoms with Crippen molar-refractivity contribution in [3.8, 4) is 5.75 Å². The highest BCUT2D eigenvalue weighted by Gasteiger charge is 2.35. The number of benzene rings is 1. The van der Waals surface area contributed by atoms with Gasteiger partial charge in [0.1, 0.15) is 5.75 Å². The second-order valence-electron chi connectivity index (χ2n) is 7.66. The largest absolute Gasteiger partial charge is 0.496 e. The molecule has 1 aromatic rings. The fourth-order valence-electron chi connectivity index (χ4n) is 3.70. The van der Waals surface area contributed by atoms with Crippen molar-refractivity contribution in [1.29, 1.82) is 0 Å². The number of ether oxygens (including phenoxy) is 1. The van der Waals surface area contributed by atoms with E-state index < -0.39 is 0 Å². The molecule has 2 N–H and O–H groups in total. The van der Waals surface area contributed by atoms with Gasteiger partial charge in [-0.3, -0.25) is 4.79 Å². The monoisotopic (exact) mass is 389 g/mol. The Hall–Kier alpha value is -2.28. The van der Waals surface area contributed by atoms with E-state index in [1.54, 1.807) is 12.0 Å². The molecule has 1 saturated carbocycles. The maximum absolute atomic E-state index is 12.9. The van der Waals surface area contributed by atoms with E-state index in [4.69, 9.17) is 4.74 Å². The summed E-state index contributed by atoms with van der Waals surface area (Å²) in [5.74, 6) is 1.19. The number of aliphatic hydroxyl groups is 1. The molecule has 3 rings (SSSR count). The summed E-state index contributed by atoms with van der Waals surface area (Å²) < 4.78 is 5.40. The molecule has 7 nitrogen and oxygen atoms in total. The molecule has 0 unspecified atom stereocenters. The second-order valence-corrected chi connectivity index (χ2v) is 7.66. The van der Waals surface area contributed by atoms with Gasteiger partial charge in [0, 0.05) is 43.8 Å². The van der Waals surface area contributed by atoms with Crippen LogP contribution in [0.1, 0.15) is 37.7 Å². The number of nitrogens with zero attached hydrogens (tertiary/aromatic N) is 2. The number of carbonyl (C=O) groups excluding carboxylic acids is 2. The van der Waals surface area contributed by atoms with Crippen LogP contribution in [0.4, 0.5) is 4.79 Å². The van der Waals surface area contributed by atoms with Crippen LogP contribution in [0.15, 0.2) is 24.3 Å². The lowest BCUT2D eigenvalue weighted by Crippen LogP contribution is -2.53. The fraction of sp³-hybridized carbons (Fsp3) is 0.619. The maximum atomic E-state index is 12.9. The minimum absolute atomic E-state index is 0.0294. The smallest absolute Gasteiger partial charge is 0.317 e. The van der Waals surface area contributed by atoms with Crippen LogP contribution >= 0.6 is 0 Å². The number of amides is 3. The van der Waals surface area contributed by atoms with Crippen molar-refractivity contribution in [2.75, 3.05) is 33.4 Å². The Balaban J connectivity index is 1.61. The highest BCUT2D eigenvalue weighted by atomic mass is 16.5. The van der Waals surface area contributed by atoms with Crippen molar-refractivity contribution in [3.05, 3.63) is 29.8 Å². The van der Waals surface area contributed by atoms with Crippen molar-refractivity contribution >= 4 is 11.9 Å². The minimum Gasteiger partial charge on any atom is -0.496 e. The predicted molar refractivity (Wildman–Crippen MR) is 106 cm³/mol. The topological polar surface area (TPSA) is 82.1 Å². The summed E-state index contributed by atoms with van der Waals surface area (Å²) in [6, 6.07) is 7.44. The molecule has 1 aliphatic heterocycles. The Morgan fingerprint density at radius 2 is 2.07 bits per heavy atom. The molecule has 1 aliphatic carbocycles. The Labute approximate surface area is 166 Å². The molecule has 0 spiro atoms. The fourth-order valence-corrected chi connectivity index (χ4v) is 3.70. The number of likely N-dealkylation sites (tertiary alicyclic amines) is 1. The van der Waals surface area contributed by atoms with Gasteiger partial charge < -0.3 is 25.0 Å². The first-order chi connectivity index (χ1) is 13.6. The van der Waals surface area contributed by atoms with Gasteiger partial charge in [0.15, 0.2) is 0 Å². The summed E-state index contributed by atoms with van der Waals surface area (Å²) in [4.78, 5) is 28.9. The summed E-state index contributed by atoms with van der Waals surface area (Å²) in [6.07, 6.45) is 4.30. The van der Waals surface area contributed by atoms with Crippen LogP contribution in [0.2, 0.25) is 0 Å². The van der Waals surface area contributed by atoms with Crippen molar-refractivity contribution in [2.45, 2.75) is 44.7 Å². The molecule has 28 heavy (non-hydrogen) atoms. The summed E-state index contributed by atoms with van der Waals surface area (Å²) in [6.45, 7) is 2.27. The van der Waals surface area contributed by atoms with E-state index >= 15 is 0 Å². The van der Waals surface area contributed by atoms with Crippen LogP contribution in [0, 0.1) is 5.92 Å². The van der Waals surface area contributed by atoms with Crippen molar-refractivity contribution in [2.24, 2.45) is 5.92 Å². The van der Waals surface area contributed by atoms with E-state index in [0.29, 0.717) is 26.1 Å². The summed E-state index contributed by atoms with van der Waals surface area (Å²) in [5, 5.41) is 12.3. The number of piperidine rings is 1. The number of methoxy groups -OCH3 is 1. The van der Waals surface area contributed by atoms with Gasteiger partial charge in [0.2, 0.25) is 5.91 Å². The number of hydrogen-bond donors (Lipinski definition) is 2. The van der Waals surface area contributed by atoms with Crippen molar-refractivity contribution in [1.82, 2.24) is 15.1 Å². The Morgan fingerprint density at radius 1 is 1.29 bits per heavy atom. The SMILES string of the molecule is COc1ccccc1CN(CCCO)C(=O)N[C@@H]1CCCN(C(=O)C2CC2)C1. The van der Waals surface area contributed by atoms with Gasteiger partial charge in [-0.05, 0) is 38.2 Å². The zero-order valence-corrected chi connectivity index (χ0v) is 16.6. The van der Waals surface area contributed by atoms with Gasteiger partial charge in [0.25, 0.3) is 0 Å². The third kappa shape index (κ3) is 5.38. The number of carbonyl (C=O) groups is 2. The molecule has 3 amide bonds. The standard InChI is InChI=1S/C21H31N3O4/c1-28-19-8-3-2-6-17(19)14-24(12-5-13-25)21(27)22-18-7-4-11-23(15-18)20(26)16-9-10-16/h2-3,6,8,16,18,25H,4-5,7,9-15H2,1H3,(H,22,27)/t18-/m1/s1. The summed E-state index contributed by atoms with van der Waals surface area (Å²) >= 11 is 0. The van der Waals surface area contributed by atoms with Crippen molar-refractivity contribution in [3.63, 3.8) is 0 Å². The number of rotatable bonds is 8. The van der Waals surface area contributed by atoms with E-state index in [1.807, 2.05) is 29.2 Å². The average Bonchev–Trinajstić information content (AvgIpc) is 3.56. The van der Waals surface area contributed by atoms with E-state index in [-0.39, 0.29) is 30.5 Å². The molecule has 7 heteroatoms. The van der Waals surface area contributed by atoms with Crippen LogP contribution in [0.25, 0.3) is 0 Å². The Morgan fingerprint density at radius 3 is 2.79 bits per heavy atom. The number of para-hydroxylation sites is 1. The normalized spacial score (nSPS) is 19.2. The van der Waals surface area contributed by atoms with Gasteiger partial charge in [0.05, 0.1) is 13.7 Å². The minimum atomic E-state index is -0.162.